The van der Waals surface area contributed by atoms with Crippen LogP contribution in [-0.2, 0) is 19.6 Å². The molecule has 8 nitrogen and oxygen atoms in total. The van der Waals surface area contributed by atoms with Gasteiger partial charge in [0, 0.05) is 6.20 Å². The van der Waals surface area contributed by atoms with Gasteiger partial charge in [0.25, 0.3) is 0 Å². The number of nitrogens with one attached hydrogen (secondary N) is 1. The second-order valence-corrected chi connectivity index (χ2v) is 6.27. The molecule has 1 unspecified atom stereocenters. The van der Waals surface area contributed by atoms with Gasteiger partial charge in [-0.2, -0.15) is 9.57 Å². The number of pyridine rings is 1. The maximum atomic E-state index is 12.5. The van der Waals surface area contributed by atoms with E-state index in [1.807, 2.05) is 0 Å². The van der Waals surface area contributed by atoms with Crippen molar-refractivity contribution in [1.82, 2.24) is 14.6 Å². The van der Waals surface area contributed by atoms with Gasteiger partial charge < -0.3 is 0 Å². The Bertz CT molecular complexity index is 721. The molecule has 9 heteroatoms. The van der Waals surface area contributed by atoms with Crippen molar-refractivity contribution >= 4 is 21.8 Å². The highest BCUT2D eigenvalue weighted by Crippen LogP contribution is 2.21. The van der Waals surface area contributed by atoms with Gasteiger partial charge in [-0.15, -0.1) is 0 Å². The summed E-state index contributed by atoms with van der Waals surface area (Å²) in [4.78, 5) is 26.7. The van der Waals surface area contributed by atoms with Crippen molar-refractivity contribution in [3.8, 4) is 6.07 Å². The molecule has 1 aliphatic rings. The molecule has 0 saturated carbocycles. The molecular weight excluding hydrogens is 296 g/mol. The molecule has 1 saturated heterocycles. The third-order valence-corrected chi connectivity index (χ3v) is 4.89. The molecule has 1 aliphatic heterocycles. The molecule has 21 heavy (non-hydrogen) atoms. The molecule has 1 atom stereocenters. The summed E-state index contributed by atoms with van der Waals surface area (Å²) < 4.78 is 25.9. The van der Waals surface area contributed by atoms with Crippen molar-refractivity contribution in [2.45, 2.75) is 24.3 Å². The van der Waals surface area contributed by atoms with E-state index >= 15 is 0 Å². The van der Waals surface area contributed by atoms with Gasteiger partial charge in [0.1, 0.15) is 22.7 Å². The zero-order valence-electron chi connectivity index (χ0n) is 11.1. The van der Waals surface area contributed by atoms with Crippen molar-refractivity contribution in [1.29, 1.82) is 5.26 Å². The van der Waals surface area contributed by atoms with Crippen LogP contribution in [0.1, 0.15) is 19.0 Å². The van der Waals surface area contributed by atoms with E-state index in [0.717, 1.165) is 10.5 Å². The van der Waals surface area contributed by atoms with E-state index in [1.165, 1.54) is 12.1 Å². The summed E-state index contributed by atoms with van der Waals surface area (Å²) in [6, 6.07) is 3.33. The Morgan fingerprint density at radius 2 is 2.19 bits per heavy atom. The topological polar surface area (TPSA) is 120 Å². The fraction of sp³-hybridized carbons (Fsp3) is 0.333. The quantitative estimate of drug-likeness (QED) is 0.743. The lowest BCUT2D eigenvalue weighted by Gasteiger charge is -2.32. The molecule has 110 valence electrons. The number of sulfonamides is 1. The maximum absolute atomic E-state index is 12.5. The SMILES string of the molecule is CCC1C(=O)NC(=O)CN1S(=O)(=O)c1ccc(C#N)nc1. The molecule has 2 amide bonds. The van der Waals surface area contributed by atoms with Crippen molar-refractivity contribution in [3.63, 3.8) is 0 Å². The van der Waals surface area contributed by atoms with E-state index in [4.69, 9.17) is 5.26 Å². The van der Waals surface area contributed by atoms with E-state index in [2.05, 4.69) is 10.3 Å². The second kappa shape index (κ2) is 5.59. The van der Waals surface area contributed by atoms with Crippen LogP contribution >= 0.6 is 0 Å². The minimum absolute atomic E-state index is 0.0773. The van der Waals surface area contributed by atoms with Crippen LogP contribution in [0, 0.1) is 11.3 Å². The fourth-order valence-electron chi connectivity index (χ4n) is 2.02. The first-order valence-corrected chi connectivity index (χ1v) is 7.56. The predicted octanol–water partition coefficient (Wildman–Crippen LogP) is -0.621. The van der Waals surface area contributed by atoms with Crippen LogP contribution in [0.4, 0.5) is 0 Å². The van der Waals surface area contributed by atoms with Gasteiger partial charge >= 0.3 is 0 Å². The Labute approximate surface area is 121 Å². The van der Waals surface area contributed by atoms with Crippen LogP contribution < -0.4 is 5.32 Å². The van der Waals surface area contributed by atoms with Crippen LogP contribution in [0.2, 0.25) is 0 Å². The molecule has 1 aromatic heterocycles. The van der Waals surface area contributed by atoms with Crippen molar-refractivity contribution in [2.24, 2.45) is 0 Å². The Morgan fingerprint density at radius 1 is 1.48 bits per heavy atom. The number of nitriles is 1. The predicted molar refractivity (Wildman–Crippen MR) is 70.1 cm³/mol. The average Bonchev–Trinajstić information content (AvgIpc) is 2.46. The lowest BCUT2D eigenvalue weighted by Crippen LogP contribution is -2.59. The number of carbonyl (C=O) groups excluding carboxylic acids is 2. The molecule has 2 heterocycles. The molecule has 0 bridgehead atoms. The van der Waals surface area contributed by atoms with Gasteiger partial charge in [-0.05, 0) is 18.6 Å². The summed E-state index contributed by atoms with van der Waals surface area (Å²) >= 11 is 0. The van der Waals surface area contributed by atoms with Crippen LogP contribution in [-0.4, -0.2) is 42.1 Å². The van der Waals surface area contributed by atoms with Crippen LogP contribution in [0.15, 0.2) is 23.2 Å². The van der Waals surface area contributed by atoms with Gasteiger partial charge in [-0.3, -0.25) is 14.9 Å². The van der Waals surface area contributed by atoms with Gasteiger partial charge in [0.15, 0.2) is 0 Å². The van der Waals surface area contributed by atoms with E-state index in [9.17, 15) is 18.0 Å². The Morgan fingerprint density at radius 3 is 2.71 bits per heavy atom. The van der Waals surface area contributed by atoms with E-state index < -0.39 is 34.4 Å². The zero-order chi connectivity index (χ0) is 15.6. The summed E-state index contributed by atoms with van der Waals surface area (Å²) in [5, 5.41) is 10.8. The highest BCUT2D eigenvalue weighted by atomic mass is 32.2. The Hall–Kier alpha value is -2.31. The van der Waals surface area contributed by atoms with E-state index in [-0.39, 0.29) is 17.0 Å². The number of carbonyl (C=O) groups is 2. The third-order valence-electron chi connectivity index (χ3n) is 3.06. The number of nitrogens with zero attached hydrogens (tertiary/aromatic N) is 3. The molecule has 0 aromatic carbocycles. The number of hydrogen-bond donors (Lipinski definition) is 1. The number of amides is 2. The van der Waals surface area contributed by atoms with Crippen LogP contribution in [0.5, 0.6) is 0 Å². The number of aromatic nitrogens is 1. The highest BCUT2D eigenvalue weighted by Gasteiger charge is 2.40. The smallest absolute Gasteiger partial charge is 0.245 e. The van der Waals surface area contributed by atoms with Crippen LogP contribution in [0.25, 0.3) is 0 Å². The molecule has 1 fully saturated rings. The second-order valence-electron chi connectivity index (χ2n) is 4.38. The van der Waals surface area contributed by atoms with Crippen molar-refractivity contribution < 1.29 is 18.0 Å². The molecule has 0 radical (unpaired) electrons. The lowest BCUT2D eigenvalue weighted by molar-refractivity contribution is -0.137. The fourth-order valence-corrected chi connectivity index (χ4v) is 3.58. The number of rotatable bonds is 3. The third kappa shape index (κ3) is 2.76. The number of piperazine rings is 1. The van der Waals surface area contributed by atoms with E-state index in [0.29, 0.717) is 0 Å². The summed E-state index contributed by atoms with van der Waals surface area (Å²) in [7, 11) is -4.03. The van der Waals surface area contributed by atoms with Crippen molar-refractivity contribution in [2.75, 3.05) is 6.54 Å². The molecule has 0 aliphatic carbocycles. The molecular formula is C12H12N4O4S. The van der Waals surface area contributed by atoms with Crippen molar-refractivity contribution in [3.05, 3.63) is 24.0 Å². The average molecular weight is 308 g/mol. The zero-order valence-corrected chi connectivity index (χ0v) is 11.9. The minimum atomic E-state index is -4.03. The standard InChI is InChI=1S/C12H12N4O4S/c1-2-10-12(18)15-11(17)7-16(10)21(19,20)9-4-3-8(5-13)14-6-9/h3-4,6,10H,2,7H2,1H3,(H,15,17,18). The maximum Gasteiger partial charge on any atom is 0.245 e. The summed E-state index contributed by atoms with van der Waals surface area (Å²) in [5.41, 5.74) is 0.0773. The largest absolute Gasteiger partial charge is 0.294 e. The monoisotopic (exact) mass is 308 g/mol. The van der Waals surface area contributed by atoms with E-state index in [1.54, 1.807) is 13.0 Å². The molecule has 1 N–H and O–H groups in total. The number of hydrogen-bond acceptors (Lipinski definition) is 6. The summed E-state index contributed by atoms with van der Waals surface area (Å²) in [5.74, 6) is -1.31. The summed E-state index contributed by atoms with van der Waals surface area (Å²) in [6.07, 6.45) is 1.28. The first kappa shape index (κ1) is 15.1. The first-order chi connectivity index (χ1) is 9.90. The van der Waals surface area contributed by atoms with Gasteiger partial charge in [0.2, 0.25) is 21.8 Å². The molecule has 0 spiro atoms. The number of imide groups is 1. The minimum Gasteiger partial charge on any atom is -0.294 e. The Kier molecular flexibility index (Phi) is 4.02. The highest BCUT2D eigenvalue weighted by molar-refractivity contribution is 7.89. The summed E-state index contributed by atoms with van der Waals surface area (Å²) in [6.45, 7) is 1.23. The van der Waals surface area contributed by atoms with Gasteiger partial charge in [0.05, 0.1) is 6.54 Å². The Balaban J connectivity index is 2.43. The first-order valence-electron chi connectivity index (χ1n) is 6.12. The molecule has 1 aromatic rings. The molecule has 2 rings (SSSR count). The van der Waals surface area contributed by atoms with Gasteiger partial charge in [-0.1, -0.05) is 6.92 Å². The normalized spacial score (nSPS) is 19.9. The van der Waals surface area contributed by atoms with Crippen LogP contribution in [0.3, 0.4) is 0 Å². The lowest BCUT2D eigenvalue weighted by atomic mass is 10.2. The van der Waals surface area contributed by atoms with Gasteiger partial charge in [-0.25, -0.2) is 13.4 Å².